The predicted octanol–water partition coefficient (Wildman–Crippen LogP) is 2.72. The Kier molecular flexibility index (Phi) is 3.37. The second kappa shape index (κ2) is 4.81. The third-order valence-electron chi connectivity index (χ3n) is 2.37. The van der Waals surface area contributed by atoms with E-state index in [0.717, 1.165) is 0 Å². The zero-order chi connectivity index (χ0) is 13.3. The molecule has 0 amide bonds. The molecule has 0 fully saturated rings. The summed E-state index contributed by atoms with van der Waals surface area (Å²) < 4.78 is 1.42. The summed E-state index contributed by atoms with van der Waals surface area (Å²) in [7, 11) is 0. The third-order valence-corrected chi connectivity index (χ3v) is 3.18. The lowest BCUT2D eigenvalue weighted by Gasteiger charge is -2.11. The molecule has 0 aliphatic rings. The van der Waals surface area contributed by atoms with Crippen LogP contribution in [0.2, 0.25) is 10.0 Å². The molecule has 0 unspecified atom stereocenters. The molecule has 6 heteroatoms. The highest BCUT2D eigenvalue weighted by molar-refractivity contribution is 6.43. The second-order valence-electron chi connectivity index (χ2n) is 3.60. The van der Waals surface area contributed by atoms with Crippen molar-refractivity contribution in [3.8, 4) is 11.8 Å². The standard InChI is InChI=1S/C12H7Cl2N3O/c1-7-5-11(18)9(6-15)16-17(7)10-4-2-3-8(13)12(10)14/h2-5H,1H3. The fourth-order valence-electron chi connectivity index (χ4n) is 1.52. The summed E-state index contributed by atoms with van der Waals surface area (Å²) in [4.78, 5) is 11.4. The number of benzene rings is 1. The molecule has 0 bridgehead atoms. The SMILES string of the molecule is Cc1cc(=O)c(C#N)nn1-c1cccc(Cl)c1Cl. The molecule has 2 aromatic rings. The Labute approximate surface area is 113 Å². The second-order valence-corrected chi connectivity index (χ2v) is 4.38. The number of nitriles is 1. The minimum absolute atomic E-state index is 0.184. The van der Waals surface area contributed by atoms with Gasteiger partial charge in [0.25, 0.3) is 0 Å². The van der Waals surface area contributed by atoms with Gasteiger partial charge in [0.05, 0.1) is 15.7 Å². The van der Waals surface area contributed by atoms with Crippen LogP contribution in [-0.4, -0.2) is 9.78 Å². The summed E-state index contributed by atoms with van der Waals surface area (Å²) in [5.74, 6) is 0. The van der Waals surface area contributed by atoms with E-state index in [-0.39, 0.29) is 5.69 Å². The number of hydrogen-bond acceptors (Lipinski definition) is 3. The van der Waals surface area contributed by atoms with Crippen molar-refractivity contribution >= 4 is 23.2 Å². The number of halogens is 2. The third kappa shape index (κ3) is 2.10. The van der Waals surface area contributed by atoms with Crippen LogP contribution in [-0.2, 0) is 0 Å². The highest BCUT2D eigenvalue weighted by Gasteiger charge is 2.11. The maximum absolute atomic E-state index is 11.4. The molecule has 0 aliphatic carbocycles. The minimum Gasteiger partial charge on any atom is -0.287 e. The maximum Gasteiger partial charge on any atom is 0.218 e. The van der Waals surface area contributed by atoms with Crippen LogP contribution in [0.5, 0.6) is 0 Å². The van der Waals surface area contributed by atoms with Gasteiger partial charge < -0.3 is 0 Å². The first-order chi connectivity index (χ1) is 8.54. The molecule has 0 atom stereocenters. The van der Waals surface area contributed by atoms with E-state index in [0.29, 0.717) is 21.4 Å². The Bertz CT molecular complexity index is 716. The van der Waals surface area contributed by atoms with Crippen molar-refractivity contribution in [3.63, 3.8) is 0 Å². The van der Waals surface area contributed by atoms with Crippen LogP contribution in [0.4, 0.5) is 0 Å². The van der Waals surface area contributed by atoms with Crippen LogP contribution in [0.1, 0.15) is 11.4 Å². The average molecular weight is 280 g/mol. The lowest BCUT2D eigenvalue weighted by atomic mass is 10.3. The van der Waals surface area contributed by atoms with E-state index in [4.69, 9.17) is 28.5 Å². The summed E-state index contributed by atoms with van der Waals surface area (Å²) in [6.07, 6.45) is 0. The summed E-state index contributed by atoms with van der Waals surface area (Å²) >= 11 is 12.0. The first-order valence-corrected chi connectivity index (χ1v) is 5.75. The fraction of sp³-hybridized carbons (Fsp3) is 0.0833. The van der Waals surface area contributed by atoms with Gasteiger partial charge in [0, 0.05) is 11.8 Å². The molecule has 1 aromatic carbocycles. The maximum atomic E-state index is 11.4. The molecule has 0 saturated carbocycles. The smallest absolute Gasteiger partial charge is 0.218 e. The molecule has 1 aromatic heterocycles. The quantitative estimate of drug-likeness (QED) is 0.807. The van der Waals surface area contributed by atoms with Crippen LogP contribution >= 0.6 is 23.2 Å². The van der Waals surface area contributed by atoms with Crippen molar-refractivity contribution < 1.29 is 0 Å². The van der Waals surface area contributed by atoms with E-state index < -0.39 is 5.43 Å². The van der Waals surface area contributed by atoms with Gasteiger partial charge in [-0.1, -0.05) is 29.3 Å². The Balaban J connectivity index is 2.76. The summed E-state index contributed by atoms with van der Waals surface area (Å²) in [5, 5.41) is 13.5. The molecule has 4 nitrogen and oxygen atoms in total. The van der Waals surface area contributed by atoms with Gasteiger partial charge >= 0.3 is 0 Å². The molecule has 1 heterocycles. The number of aryl methyl sites for hydroxylation is 1. The summed E-state index contributed by atoms with van der Waals surface area (Å²) in [6, 6.07) is 8.16. The van der Waals surface area contributed by atoms with E-state index in [9.17, 15) is 4.79 Å². The Hall–Kier alpha value is -1.83. The first kappa shape index (κ1) is 12.6. The zero-order valence-corrected chi connectivity index (χ0v) is 10.8. The van der Waals surface area contributed by atoms with E-state index in [1.165, 1.54) is 10.7 Å². The molecule has 90 valence electrons. The number of rotatable bonds is 1. The Morgan fingerprint density at radius 1 is 1.39 bits per heavy atom. The lowest BCUT2D eigenvalue weighted by Crippen LogP contribution is -2.17. The minimum atomic E-state index is -0.413. The monoisotopic (exact) mass is 279 g/mol. The largest absolute Gasteiger partial charge is 0.287 e. The molecular weight excluding hydrogens is 273 g/mol. The van der Waals surface area contributed by atoms with Gasteiger partial charge in [-0.3, -0.25) is 4.79 Å². The fourth-order valence-corrected chi connectivity index (χ4v) is 1.90. The normalized spacial score (nSPS) is 10.1. The lowest BCUT2D eigenvalue weighted by molar-refractivity contribution is 0.790. The number of aromatic nitrogens is 2. The Morgan fingerprint density at radius 3 is 2.78 bits per heavy atom. The highest BCUT2D eigenvalue weighted by atomic mass is 35.5. The van der Waals surface area contributed by atoms with Gasteiger partial charge in [0.15, 0.2) is 0 Å². The summed E-state index contributed by atoms with van der Waals surface area (Å²) in [5.41, 5.74) is 0.502. The van der Waals surface area contributed by atoms with Gasteiger partial charge in [-0.15, -0.1) is 0 Å². The van der Waals surface area contributed by atoms with Gasteiger partial charge in [-0.05, 0) is 19.1 Å². The van der Waals surface area contributed by atoms with Crippen molar-refractivity contribution in [2.75, 3.05) is 0 Å². The molecule has 0 N–H and O–H groups in total. The van der Waals surface area contributed by atoms with Crippen LogP contribution in [0.3, 0.4) is 0 Å². The van der Waals surface area contributed by atoms with E-state index >= 15 is 0 Å². The first-order valence-electron chi connectivity index (χ1n) is 5.00. The van der Waals surface area contributed by atoms with Gasteiger partial charge in [0.1, 0.15) is 6.07 Å². The molecule has 0 aliphatic heterocycles. The molecule has 18 heavy (non-hydrogen) atoms. The van der Waals surface area contributed by atoms with Gasteiger partial charge in [0.2, 0.25) is 11.1 Å². The molecule has 0 spiro atoms. The predicted molar refractivity (Wildman–Crippen MR) is 69.3 cm³/mol. The van der Waals surface area contributed by atoms with Gasteiger partial charge in [-0.2, -0.15) is 10.4 Å². The van der Waals surface area contributed by atoms with E-state index in [2.05, 4.69) is 5.10 Å². The zero-order valence-electron chi connectivity index (χ0n) is 9.32. The van der Waals surface area contributed by atoms with Crippen molar-refractivity contribution in [2.45, 2.75) is 6.92 Å². The topological polar surface area (TPSA) is 58.7 Å². The van der Waals surface area contributed by atoms with Crippen LogP contribution in [0, 0.1) is 18.3 Å². The van der Waals surface area contributed by atoms with Gasteiger partial charge in [-0.25, -0.2) is 4.68 Å². The van der Waals surface area contributed by atoms with Crippen molar-refractivity contribution in [1.82, 2.24) is 9.78 Å². The Morgan fingerprint density at radius 2 is 2.11 bits per heavy atom. The van der Waals surface area contributed by atoms with Crippen molar-refractivity contribution in [3.05, 3.63) is 55.9 Å². The summed E-state index contributed by atoms with van der Waals surface area (Å²) in [6.45, 7) is 1.70. The van der Waals surface area contributed by atoms with E-state index in [1.54, 1.807) is 31.2 Å². The highest BCUT2D eigenvalue weighted by Crippen LogP contribution is 2.28. The number of nitrogens with zero attached hydrogens (tertiary/aromatic N) is 3. The average Bonchev–Trinajstić information content (AvgIpc) is 2.34. The molecule has 0 saturated heterocycles. The van der Waals surface area contributed by atoms with Crippen LogP contribution in [0.25, 0.3) is 5.69 Å². The van der Waals surface area contributed by atoms with E-state index in [1.807, 2.05) is 0 Å². The molecule has 0 radical (unpaired) electrons. The van der Waals surface area contributed by atoms with Crippen molar-refractivity contribution in [1.29, 1.82) is 5.26 Å². The molecular formula is C12H7Cl2N3O. The number of hydrogen-bond donors (Lipinski definition) is 0. The van der Waals surface area contributed by atoms with Crippen LogP contribution < -0.4 is 5.43 Å². The van der Waals surface area contributed by atoms with Crippen molar-refractivity contribution in [2.24, 2.45) is 0 Å². The van der Waals surface area contributed by atoms with Crippen LogP contribution in [0.15, 0.2) is 29.1 Å². The molecule has 2 rings (SSSR count).